The Bertz CT molecular complexity index is 2620. The molecule has 0 saturated carbocycles. The Balaban J connectivity index is 1.14. The molecule has 0 radical (unpaired) electrons. The Labute approximate surface area is 279 Å². The molecule has 2 unspecified atom stereocenters. The van der Waals surface area contributed by atoms with E-state index in [4.69, 9.17) is 0 Å². The molecule has 2 aromatic heterocycles. The first-order chi connectivity index (χ1) is 23.8. The van der Waals surface area contributed by atoms with Crippen LogP contribution in [-0.4, -0.2) is 15.2 Å². The summed E-state index contributed by atoms with van der Waals surface area (Å²) in [5, 5.41) is 8.98. The molecule has 3 nitrogen and oxygen atoms in total. The monoisotopic (exact) mass is 615 g/mol. The highest BCUT2D eigenvalue weighted by molar-refractivity contribution is 6.13. The van der Waals surface area contributed by atoms with E-state index in [-0.39, 0.29) is 6.04 Å². The molecule has 3 aliphatic rings. The van der Waals surface area contributed by atoms with Crippen LogP contribution < -0.4 is 5.32 Å². The highest BCUT2D eigenvalue weighted by Crippen LogP contribution is 2.40. The summed E-state index contributed by atoms with van der Waals surface area (Å²) in [5.41, 5.74) is 11.2. The molecule has 3 heterocycles. The van der Waals surface area contributed by atoms with E-state index in [0.717, 1.165) is 12.2 Å². The van der Waals surface area contributed by atoms with Crippen LogP contribution in [-0.2, 0) is 0 Å². The number of rotatable bonds is 4. The van der Waals surface area contributed by atoms with Gasteiger partial charge in [0.2, 0.25) is 0 Å². The molecule has 0 saturated heterocycles. The fourth-order valence-corrected chi connectivity index (χ4v) is 8.05. The molecule has 0 fully saturated rings. The lowest BCUT2D eigenvalue weighted by atomic mass is 9.89. The quantitative estimate of drug-likeness (QED) is 0.209. The molecule has 7 aromatic rings. The number of hydrogen-bond donors (Lipinski definition) is 1. The summed E-state index contributed by atoms with van der Waals surface area (Å²) in [4.78, 5) is 0. The van der Waals surface area contributed by atoms with Gasteiger partial charge in [0.25, 0.3) is 0 Å². The summed E-state index contributed by atoms with van der Waals surface area (Å²) >= 11 is 0. The van der Waals surface area contributed by atoms with Gasteiger partial charge < -0.3 is 9.88 Å². The summed E-state index contributed by atoms with van der Waals surface area (Å²) in [6.45, 7) is 0. The van der Waals surface area contributed by atoms with Crippen molar-refractivity contribution in [1.29, 1.82) is 0 Å². The second-order valence-electron chi connectivity index (χ2n) is 13.0. The number of para-hydroxylation sites is 2. The van der Waals surface area contributed by atoms with Gasteiger partial charge >= 0.3 is 0 Å². The van der Waals surface area contributed by atoms with Gasteiger partial charge in [-0.25, -0.2) is 0 Å². The molecular formula is C45H33N3. The molecule has 3 heteroatoms. The molecule has 5 aromatic carbocycles. The second kappa shape index (κ2) is 10.8. The summed E-state index contributed by atoms with van der Waals surface area (Å²) in [7, 11) is 0. The summed E-state index contributed by atoms with van der Waals surface area (Å²) in [6, 6.07) is 42.8. The summed E-state index contributed by atoms with van der Waals surface area (Å²) < 4.78 is 4.92. The van der Waals surface area contributed by atoms with Crippen LogP contribution in [0.1, 0.15) is 18.0 Å². The number of fused-ring (bicyclic) bond motifs is 7. The molecule has 0 amide bonds. The number of benzene rings is 5. The highest BCUT2D eigenvalue weighted by Gasteiger charge is 2.25. The van der Waals surface area contributed by atoms with E-state index >= 15 is 0 Å². The van der Waals surface area contributed by atoms with Gasteiger partial charge in [-0.1, -0.05) is 127 Å². The predicted octanol–water partition coefficient (Wildman–Crippen LogP) is 11.0. The Morgan fingerprint density at radius 3 is 1.98 bits per heavy atom. The molecule has 1 aliphatic heterocycles. The minimum atomic E-state index is 0.106. The average molecular weight is 616 g/mol. The first-order valence-electron chi connectivity index (χ1n) is 16.8. The number of nitrogens with zero attached hydrogens (tertiary/aromatic N) is 2. The van der Waals surface area contributed by atoms with Gasteiger partial charge in [-0.2, -0.15) is 0 Å². The molecule has 0 spiro atoms. The van der Waals surface area contributed by atoms with E-state index in [2.05, 4.69) is 184 Å². The van der Waals surface area contributed by atoms with Crippen molar-refractivity contribution in [3.8, 4) is 11.1 Å². The van der Waals surface area contributed by atoms with Crippen molar-refractivity contribution >= 4 is 55.0 Å². The van der Waals surface area contributed by atoms with Crippen molar-refractivity contribution < 1.29 is 0 Å². The van der Waals surface area contributed by atoms with Crippen molar-refractivity contribution in [1.82, 2.24) is 14.5 Å². The van der Waals surface area contributed by atoms with Gasteiger partial charge in [-0.05, 0) is 76.7 Å². The third-order valence-electron chi connectivity index (χ3n) is 10.3. The molecule has 10 rings (SSSR count). The van der Waals surface area contributed by atoms with Crippen LogP contribution in [0.4, 0.5) is 0 Å². The minimum absolute atomic E-state index is 0.106. The maximum absolute atomic E-state index is 3.87. The number of hydrogen-bond acceptors (Lipinski definition) is 1. The normalized spacial score (nSPS) is 18.6. The number of allylic oxidation sites excluding steroid dienone is 8. The van der Waals surface area contributed by atoms with Gasteiger partial charge in [0, 0.05) is 32.6 Å². The van der Waals surface area contributed by atoms with Gasteiger partial charge in [0.05, 0.1) is 23.1 Å². The zero-order chi connectivity index (χ0) is 31.6. The molecule has 48 heavy (non-hydrogen) atoms. The maximum Gasteiger partial charge on any atom is 0.112 e. The van der Waals surface area contributed by atoms with Crippen LogP contribution in [0.25, 0.3) is 66.1 Å². The lowest BCUT2D eigenvalue weighted by Crippen LogP contribution is -2.33. The smallest absolute Gasteiger partial charge is 0.112 e. The number of aromatic nitrogens is 2. The van der Waals surface area contributed by atoms with E-state index < -0.39 is 0 Å². The van der Waals surface area contributed by atoms with Crippen LogP contribution in [0, 0.1) is 0 Å². The molecule has 1 N–H and O–H groups in total. The third-order valence-corrected chi connectivity index (χ3v) is 10.3. The van der Waals surface area contributed by atoms with Crippen LogP contribution >= 0.6 is 0 Å². The van der Waals surface area contributed by atoms with E-state index in [1.54, 1.807) is 0 Å². The van der Waals surface area contributed by atoms with Crippen molar-refractivity contribution in [3.63, 3.8) is 0 Å². The summed E-state index contributed by atoms with van der Waals surface area (Å²) in [5.74, 6) is 1.09. The van der Waals surface area contributed by atoms with Gasteiger partial charge in [0.15, 0.2) is 0 Å². The average Bonchev–Trinajstić information content (AvgIpc) is 3.67. The Kier molecular flexibility index (Phi) is 6.07. The van der Waals surface area contributed by atoms with Gasteiger partial charge in [0.1, 0.15) is 5.82 Å². The van der Waals surface area contributed by atoms with Crippen LogP contribution in [0.15, 0.2) is 176 Å². The molecule has 0 bridgehead atoms. The Morgan fingerprint density at radius 1 is 0.542 bits per heavy atom. The summed E-state index contributed by atoms with van der Waals surface area (Å²) in [6.07, 6.45) is 21.0. The third kappa shape index (κ3) is 4.14. The maximum atomic E-state index is 3.87. The van der Waals surface area contributed by atoms with E-state index in [9.17, 15) is 0 Å². The van der Waals surface area contributed by atoms with Crippen molar-refractivity contribution in [2.24, 2.45) is 0 Å². The first kappa shape index (κ1) is 27.1. The largest absolute Gasteiger partial charge is 0.361 e. The lowest BCUT2D eigenvalue weighted by Gasteiger charge is -2.30. The number of dihydropyridines is 1. The highest BCUT2D eigenvalue weighted by atomic mass is 15.2. The van der Waals surface area contributed by atoms with E-state index in [1.807, 2.05) is 0 Å². The minimum Gasteiger partial charge on any atom is -0.361 e. The topological polar surface area (TPSA) is 21.9 Å². The SMILES string of the molecule is C1=CCC(n2c3ccccc3c3cc(-c4ccc5c(c4)c4ccccc4n5C4=CC(c5ccccc5)=C5C=CC=CC5N4)ccc32)C=C1. The first-order valence-corrected chi connectivity index (χ1v) is 16.8. The van der Waals surface area contributed by atoms with Gasteiger partial charge in [-0.3, -0.25) is 4.57 Å². The molecular weight excluding hydrogens is 583 g/mol. The second-order valence-corrected chi connectivity index (χ2v) is 13.0. The van der Waals surface area contributed by atoms with Crippen molar-refractivity contribution in [3.05, 3.63) is 181 Å². The molecule has 2 aliphatic carbocycles. The fourth-order valence-electron chi connectivity index (χ4n) is 8.05. The Hall–Kier alpha value is -6.06. The van der Waals surface area contributed by atoms with Gasteiger partial charge in [-0.15, -0.1) is 0 Å². The zero-order valence-corrected chi connectivity index (χ0v) is 26.4. The van der Waals surface area contributed by atoms with Crippen molar-refractivity contribution in [2.45, 2.75) is 18.5 Å². The standard InChI is InChI=1S/C45H33N3/c1-3-13-30(14-4-1)37-29-45(46-40-20-10-7-17-34(37)40)48-42-22-12-9-19-36(42)39-28-32(24-26-44(39)48)31-23-25-43-38(27-31)35-18-8-11-21-41(35)47(43)33-15-5-2-6-16-33/h1-15,17-29,33,40,46H,16H2. The number of nitrogens with one attached hydrogen (secondary N) is 1. The van der Waals surface area contributed by atoms with Crippen LogP contribution in [0.3, 0.4) is 0 Å². The van der Waals surface area contributed by atoms with Crippen LogP contribution in [0.2, 0.25) is 0 Å². The zero-order valence-electron chi connectivity index (χ0n) is 26.4. The molecule has 2 atom stereocenters. The lowest BCUT2D eigenvalue weighted by molar-refractivity contribution is 0.648. The fraction of sp³-hybridized carbons (Fsp3) is 0.0667. The van der Waals surface area contributed by atoms with E-state index in [0.29, 0.717) is 6.04 Å². The Morgan fingerprint density at radius 2 is 1.19 bits per heavy atom. The van der Waals surface area contributed by atoms with Crippen molar-refractivity contribution in [2.75, 3.05) is 0 Å². The predicted molar refractivity (Wildman–Crippen MR) is 203 cm³/mol. The van der Waals surface area contributed by atoms with Crippen LogP contribution in [0.5, 0.6) is 0 Å². The van der Waals surface area contributed by atoms with E-state index in [1.165, 1.54) is 71.4 Å². The molecule has 228 valence electrons.